The highest BCUT2D eigenvalue weighted by Crippen LogP contribution is 2.33. The minimum atomic E-state index is -0.171. The van der Waals surface area contributed by atoms with Gasteiger partial charge in [0.2, 0.25) is 0 Å². The molecule has 3 rings (SSSR count). The molecule has 0 fully saturated rings. The summed E-state index contributed by atoms with van der Waals surface area (Å²) in [5.41, 5.74) is 11.0. The van der Waals surface area contributed by atoms with Gasteiger partial charge < -0.3 is 15.2 Å². The van der Waals surface area contributed by atoms with Crippen LogP contribution in [-0.2, 0) is 0 Å². The molecule has 2 N–H and O–H groups in total. The molecule has 0 amide bonds. The molecular weight excluding hydrogens is 262 g/mol. The molecule has 1 aliphatic rings. The van der Waals surface area contributed by atoms with Gasteiger partial charge >= 0.3 is 0 Å². The number of fused-ring (bicyclic) bond motifs is 1. The van der Waals surface area contributed by atoms with E-state index in [0.29, 0.717) is 6.61 Å². The average molecular weight is 283 g/mol. The molecule has 110 valence electrons. The van der Waals surface area contributed by atoms with Crippen LogP contribution in [0.15, 0.2) is 36.4 Å². The summed E-state index contributed by atoms with van der Waals surface area (Å²) in [6, 6.07) is 11.9. The Balaban J connectivity index is 1.87. The molecule has 1 aliphatic heterocycles. The first kappa shape index (κ1) is 14.0. The van der Waals surface area contributed by atoms with Gasteiger partial charge in [0.1, 0.15) is 18.1 Å². The number of aryl methyl sites for hydroxylation is 2. The Labute approximate surface area is 125 Å². The highest BCUT2D eigenvalue weighted by Gasteiger charge is 2.29. The van der Waals surface area contributed by atoms with Gasteiger partial charge in [0.15, 0.2) is 6.10 Å². The molecule has 3 nitrogen and oxygen atoms in total. The van der Waals surface area contributed by atoms with Crippen molar-refractivity contribution >= 4 is 0 Å². The highest BCUT2D eigenvalue weighted by atomic mass is 16.5. The molecular formula is C18H21NO2. The summed E-state index contributed by atoms with van der Waals surface area (Å²) in [5.74, 6) is 1.76. The second-order valence-electron chi connectivity index (χ2n) is 5.74. The first-order valence-corrected chi connectivity index (χ1v) is 7.28. The molecule has 2 aromatic rings. The van der Waals surface area contributed by atoms with E-state index < -0.39 is 0 Å². The van der Waals surface area contributed by atoms with Crippen molar-refractivity contribution < 1.29 is 9.47 Å². The van der Waals surface area contributed by atoms with E-state index in [1.165, 1.54) is 11.1 Å². The summed E-state index contributed by atoms with van der Waals surface area (Å²) < 4.78 is 11.9. The predicted octanol–water partition coefficient (Wildman–Crippen LogP) is 3.45. The third kappa shape index (κ3) is 2.61. The van der Waals surface area contributed by atoms with Crippen molar-refractivity contribution in [1.29, 1.82) is 0 Å². The van der Waals surface area contributed by atoms with Gasteiger partial charge in [0.05, 0.1) is 6.04 Å². The maximum Gasteiger partial charge on any atom is 0.152 e. The van der Waals surface area contributed by atoms with Crippen molar-refractivity contribution in [3.05, 3.63) is 58.7 Å². The van der Waals surface area contributed by atoms with Gasteiger partial charge in [0, 0.05) is 5.56 Å². The van der Waals surface area contributed by atoms with Crippen molar-refractivity contribution in [2.24, 2.45) is 5.73 Å². The Morgan fingerprint density at radius 1 is 1.14 bits per heavy atom. The summed E-state index contributed by atoms with van der Waals surface area (Å²) in [4.78, 5) is 0. The van der Waals surface area contributed by atoms with E-state index in [2.05, 4.69) is 32.9 Å². The Bertz CT molecular complexity index is 666. The first-order chi connectivity index (χ1) is 10.1. The molecule has 3 heteroatoms. The summed E-state index contributed by atoms with van der Waals surface area (Å²) >= 11 is 0. The molecule has 0 radical (unpaired) electrons. The van der Waals surface area contributed by atoms with Gasteiger partial charge in [-0.05, 0) is 49.6 Å². The van der Waals surface area contributed by atoms with Crippen LogP contribution >= 0.6 is 0 Å². The Hall–Kier alpha value is -2.00. The zero-order valence-corrected chi connectivity index (χ0v) is 12.7. The molecule has 2 unspecified atom stereocenters. The number of para-hydroxylation sites is 1. The lowest BCUT2D eigenvalue weighted by Gasteiger charge is -2.32. The smallest absolute Gasteiger partial charge is 0.152 e. The van der Waals surface area contributed by atoms with Crippen molar-refractivity contribution in [3.63, 3.8) is 0 Å². The van der Waals surface area contributed by atoms with Gasteiger partial charge in [-0.15, -0.1) is 0 Å². The van der Waals surface area contributed by atoms with Gasteiger partial charge in [-0.2, -0.15) is 0 Å². The van der Waals surface area contributed by atoms with Crippen LogP contribution in [0.25, 0.3) is 0 Å². The summed E-state index contributed by atoms with van der Waals surface area (Å²) in [6.07, 6.45) is -0.167. The molecule has 1 heterocycles. The number of nitrogens with two attached hydrogens (primary N) is 1. The van der Waals surface area contributed by atoms with Crippen LogP contribution in [0.1, 0.15) is 28.3 Å². The van der Waals surface area contributed by atoms with Crippen LogP contribution in [0.2, 0.25) is 0 Å². The first-order valence-electron chi connectivity index (χ1n) is 7.28. The average Bonchev–Trinajstić information content (AvgIpc) is 2.47. The normalized spacial score (nSPS) is 20.6. The monoisotopic (exact) mass is 283 g/mol. The molecule has 0 saturated heterocycles. The largest absolute Gasteiger partial charge is 0.489 e. The van der Waals surface area contributed by atoms with Crippen LogP contribution in [0.5, 0.6) is 11.5 Å². The topological polar surface area (TPSA) is 44.5 Å². The van der Waals surface area contributed by atoms with Gasteiger partial charge in [-0.25, -0.2) is 0 Å². The third-order valence-corrected chi connectivity index (χ3v) is 4.12. The molecule has 0 aromatic heterocycles. The number of ether oxygens (including phenoxy) is 2. The molecule has 21 heavy (non-hydrogen) atoms. The molecule has 0 spiro atoms. The minimum Gasteiger partial charge on any atom is -0.489 e. The van der Waals surface area contributed by atoms with Gasteiger partial charge in [-0.3, -0.25) is 0 Å². The SMILES string of the molecule is Cc1cc(C)c(C)c(OC2COc3ccccc3C2N)c1. The lowest BCUT2D eigenvalue weighted by atomic mass is 9.99. The zero-order valence-electron chi connectivity index (χ0n) is 12.7. The molecule has 2 atom stereocenters. The quantitative estimate of drug-likeness (QED) is 0.918. The van der Waals surface area contributed by atoms with E-state index in [4.69, 9.17) is 15.2 Å². The van der Waals surface area contributed by atoms with Crippen molar-refractivity contribution in [2.45, 2.75) is 32.9 Å². The van der Waals surface area contributed by atoms with E-state index in [-0.39, 0.29) is 12.1 Å². The van der Waals surface area contributed by atoms with Crippen LogP contribution < -0.4 is 15.2 Å². The lowest BCUT2D eigenvalue weighted by molar-refractivity contribution is 0.0871. The number of hydrogen-bond donors (Lipinski definition) is 1. The number of benzene rings is 2. The fourth-order valence-electron chi connectivity index (χ4n) is 2.76. The maximum absolute atomic E-state index is 6.36. The number of rotatable bonds is 2. The lowest BCUT2D eigenvalue weighted by Crippen LogP contribution is -2.40. The third-order valence-electron chi connectivity index (χ3n) is 4.12. The van der Waals surface area contributed by atoms with Crippen molar-refractivity contribution in [1.82, 2.24) is 0 Å². The van der Waals surface area contributed by atoms with Crippen LogP contribution in [-0.4, -0.2) is 12.7 Å². The molecule has 0 aliphatic carbocycles. The predicted molar refractivity (Wildman–Crippen MR) is 83.9 cm³/mol. The van der Waals surface area contributed by atoms with E-state index in [9.17, 15) is 0 Å². The molecule has 2 aromatic carbocycles. The van der Waals surface area contributed by atoms with Crippen LogP contribution in [0.4, 0.5) is 0 Å². The van der Waals surface area contributed by atoms with Gasteiger partial charge in [0.25, 0.3) is 0 Å². The van der Waals surface area contributed by atoms with E-state index in [0.717, 1.165) is 22.6 Å². The summed E-state index contributed by atoms with van der Waals surface area (Å²) in [7, 11) is 0. The summed E-state index contributed by atoms with van der Waals surface area (Å²) in [6.45, 7) is 6.73. The van der Waals surface area contributed by atoms with E-state index in [1.807, 2.05) is 24.3 Å². The summed E-state index contributed by atoms with van der Waals surface area (Å²) in [5, 5.41) is 0. The van der Waals surface area contributed by atoms with Crippen molar-refractivity contribution in [2.75, 3.05) is 6.61 Å². The highest BCUT2D eigenvalue weighted by molar-refractivity contribution is 5.43. The second kappa shape index (κ2) is 5.41. The fraction of sp³-hybridized carbons (Fsp3) is 0.333. The fourth-order valence-corrected chi connectivity index (χ4v) is 2.76. The standard InChI is InChI=1S/C18H21NO2/c1-11-8-12(2)13(3)16(9-11)21-17-10-20-15-7-5-4-6-14(15)18(17)19/h4-9,17-18H,10,19H2,1-3H3. The van der Waals surface area contributed by atoms with Crippen LogP contribution in [0, 0.1) is 20.8 Å². The van der Waals surface area contributed by atoms with E-state index in [1.54, 1.807) is 0 Å². The Kier molecular flexibility index (Phi) is 3.60. The van der Waals surface area contributed by atoms with Gasteiger partial charge in [-0.1, -0.05) is 24.3 Å². The van der Waals surface area contributed by atoms with E-state index >= 15 is 0 Å². The molecule has 0 bridgehead atoms. The minimum absolute atomic E-state index is 0.167. The maximum atomic E-state index is 6.36. The van der Waals surface area contributed by atoms with Crippen molar-refractivity contribution in [3.8, 4) is 11.5 Å². The zero-order chi connectivity index (χ0) is 15.0. The molecule has 0 saturated carbocycles. The second-order valence-corrected chi connectivity index (χ2v) is 5.74. The van der Waals surface area contributed by atoms with Crippen LogP contribution in [0.3, 0.4) is 0 Å². The Morgan fingerprint density at radius 2 is 1.90 bits per heavy atom. The Morgan fingerprint density at radius 3 is 2.71 bits per heavy atom. The number of hydrogen-bond acceptors (Lipinski definition) is 3.